The zero-order valence-corrected chi connectivity index (χ0v) is 15.6. The van der Waals surface area contributed by atoms with E-state index in [4.69, 9.17) is 20.8 Å². The molecule has 3 rings (SSSR count). The van der Waals surface area contributed by atoms with Gasteiger partial charge < -0.3 is 13.9 Å². The minimum Gasteiger partial charge on any atom is -0.463 e. The van der Waals surface area contributed by atoms with Crippen molar-refractivity contribution in [2.45, 2.75) is 20.5 Å². The molecule has 9 heteroatoms. The van der Waals surface area contributed by atoms with Crippen LogP contribution in [0.1, 0.15) is 38.0 Å². The van der Waals surface area contributed by atoms with Gasteiger partial charge in [-0.3, -0.25) is 0 Å². The second-order valence-electron chi connectivity index (χ2n) is 5.68. The van der Waals surface area contributed by atoms with Gasteiger partial charge in [0.25, 0.3) is 0 Å². The molecule has 0 aliphatic heterocycles. The number of esters is 2. The van der Waals surface area contributed by atoms with E-state index in [9.17, 15) is 9.59 Å². The Morgan fingerprint density at radius 1 is 1.22 bits per heavy atom. The number of halogens is 1. The molecular weight excluding hydrogens is 374 g/mol. The highest BCUT2D eigenvalue weighted by Gasteiger charge is 2.20. The van der Waals surface area contributed by atoms with Gasteiger partial charge >= 0.3 is 11.9 Å². The maximum absolute atomic E-state index is 12.4. The number of hydrogen-bond donors (Lipinski definition) is 0. The lowest BCUT2D eigenvalue weighted by molar-refractivity contribution is 0.0447. The summed E-state index contributed by atoms with van der Waals surface area (Å²) in [6.07, 6.45) is 1.31. The van der Waals surface area contributed by atoms with Crippen LogP contribution in [0.5, 0.6) is 0 Å². The molecule has 0 aromatic carbocycles. The summed E-state index contributed by atoms with van der Waals surface area (Å²) in [6.45, 7) is 3.54. The van der Waals surface area contributed by atoms with Crippen molar-refractivity contribution >= 4 is 23.5 Å². The van der Waals surface area contributed by atoms with Crippen molar-refractivity contribution in [1.29, 1.82) is 0 Å². The van der Waals surface area contributed by atoms with Gasteiger partial charge in [-0.15, -0.1) is 0 Å². The normalized spacial score (nSPS) is 10.7. The van der Waals surface area contributed by atoms with Crippen molar-refractivity contribution in [3.63, 3.8) is 0 Å². The lowest BCUT2D eigenvalue weighted by Crippen LogP contribution is -2.12. The van der Waals surface area contributed by atoms with Crippen LogP contribution in [0.4, 0.5) is 0 Å². The van der Waals surface area contributed by atoms with Gasteiger partial charge in [-0.2, -0.15) is 5.10 Å². The van der Waals surface area contributed by atoms with Crippen LogP contribution < -0.4 is 0 Å². The summed E-state index contributed by atoms with van der Waals surface area (Å²) in [7, 11) is 1.23. The van der Waals surface area contributed by atoms with Crippen molar-refractivity contribution in [2.75, 3.05) is 7.11 Å². The zero-order chi connectivity index (χ0) is 19.6. The fourth-order valence-corrected chi connectivity index (χ4v) is 2.67. The van der Waals surface area contributed by atoms with E-state index in [1.165, 1.54) is 19.4 Å². The van der Waals surface area contributed by atoms with Crippen LogP contribution in [0.25, 0.3) is 5.82 Å². The van der Waals surface area contributed by atoms with E-state index in [1.54, 1.807) is 16.8 Å². The Bertz CT molecular complexity index is 1010. The van der Waals surface area contributed by atoms with E-state index in [-0.39, 0.29) is 23.1 Å². The summed E-state index contributed by atoms with van der Waals surface area (Å²) < 4.78 is 16.5. The predicted molar refractivity (Wildman–Crippen MR) is 95.0 cm³/mol. The summed E-state index contributed by atoms with van der Waals surface area (Å²) in [4.78, 5) is 28.3. The summed E-state index contributed by atoms with van der Waals surface area (Å²) >= 11 is 6.10. The fraction of sp³-hybridized carbons (Fsp3) is 0.222. The zero-order valence-electron chi connectivity index (χ0n) is 14.9. The molecule has 8 nitrogen and oxygen atoms in total. The first-order valence-corrected chi connectivity index (χ1v) is 8.30. The van der Waals surface area contributed by atoms with Crippen LogP contribution in [0, 0.1) is 13.8 Å². The second kappa shape index (κ2) is 7.63. The summed E-state index contributed by atoms with van der Waals surface area (Å²) in [5.74, 6) is -0.981. The summed E-state index contributed by atoms with van der Waals surface area (Å²) in [5, 5.41) is 4.48. The number of ether oxygens (including phenoxy) is 2. The lowest BCUT2D eigenvalue weighted by Gasteiger charge is -2.08. The predicted octanol–water partition coefficient (Wildman–Crippen LogP) is 3.27. The van der Waals surface area contributed by atoms with Crippen LogP contribution in [0.2, 0.25) is 5.02 Å². The summed E-state index contributed by atoms with van der Waals surface area (Å²) in [5.41, 5.74) is 2.01. The van der Waals surface area contributed by atoms with Gasteiger partial charge in [0, 0.05) is 11.3 Å². The second-order valence-corrected chi connectivity index (χ2v) is 6.09. The Morgan fingerprint density at radius 2 is 2.00 bits per heavy atom. The number of furan rings is 1. The third-order valence-electron chi connectivity index (χ3n) is 3.73. The Morgan fingerprint density at radius 3 is 2.67 bits per heavy atom. The maximum atomic E-state index is 12.4. The Labute approximate surface area is 159 Å². The van der Waals surface area contributed by atoms with E-state index >= 15 is 0 Å². The number of nitrogens with zero attached hydrogens (tertiary/aromatic N) is 3. The molecule has 0 aliphatic carbocycles. The van der Waals surface area contributed by atoms with E-state index in [0.717, 1.165) is 11.4 Å². The quantitative estimate of drug-likeness (QED) is 0.617. The smallest absolute Gasteiger partial charge is 0.374 e. The van der Waals surface area contributed by atoms with Gasteiger partial charge in [0.05, 0.1) is 24.1 Å². The number of methoxy groups -OCH3 is 1. The molecule has 0 saturated carbocycles. The van der Waals surface area contributed by atoms with E-state index in [1.807, 2.05) is 19.9 Å². The van der Waals surface area contributed by atoms with Crippen molar-refractivity contribution in [3.05, 3.63) is 64.0 Å². The molecule has 27 heavy (non-hydrogen) atoms. The molecular formula is C18H16ClN3O5. The number of aryl methyl sites for hydroxylation is 2. The molecule has 0 fully saturated rings. The number of carbonyl (C=O) groups is 2. The molecule has 0 radical (unpaired) electrons. The van der Waals surface area contributed by atoms with Crippen LogP contribution in [-0.4, -0.2) is 33.8 Å². The van der Waals surface area contributed by atoms with Crippen molar-refractivity contribution in [2.24, 2.45) is 0 Å². The van der Waals surface area contributed by atoms with E-state index in [0.29, 0.717) is 11.4 Å². The molecule has 0 bridgehead atoms. The van der Waals surface area contributed by atoms with Gasteiger partial charge in [-0.1, -0.05) is 11.6 Å². The van der Waals surface area contributed by atoms with E-state index in [2.05, 4.69) is 14.8 Å². The average Bonchev–Trinajstić information content (AvgIpc) is 3.25. The fourth-order valence-electron chi connectivity index (χ4n) is 2.49. The minimum atomic E-state index is -0.736. The molecule has 0 unspecified atom stereocenters. The SMILES string of the molecule is COC(=O)c1occc1COC(=O)c1nc(-n2nc(C)cc2C)ccc1Cl. The lowest BCUT2D eigenvalue weighted by atomic mass is 10.2. The molecule has 3 heterocycles. The summed E-state index contributed by atoms with van der Waals surface area (Å²) in [6, 6.07) is 6.61. The van der Waals surface area contributed by atoms with Crippen molar-refractivity contribution in [1.82, 2.24) is 14.8 Å². The Balaban J connectivity index is 1.81. The number of hydrogen-bond acceptors (Lipinski definition) is 7. The molecule has 0 saturated heterocycles. The van der Waals surface area contributed by atoms with Gasteiger partial charge in [-0.05, 0) is 38.1 Å². The first kappa shape index (κ1) is 18.7. The third-order valence-corrected chi connectivity index (χ3v) is 4.03. The van der Waals surface area contributed by atoms with Crippen molar-refractivity contribution in [3.8, 4) is 5.82 Å². The highest BCUT2D eigenvalue weighted by atomic mass is 35.5. The van der Waals surface area contributed by atoms with E-state index < -0.39 is 11.9 Å². The highest BCUT2D eigenvalue weighted by Crippen LogP contribution is 2.20. The molecule has 3 aromatic heterocycles. The van der Waals surface area contributed by atoms with Gasteiger partial charge in [-0.25, -0.2) is 19.3 Å². The largest absolute Gasteiger partial charge is 0.463 e. The number of rotatable bonds is 5. The maximum Gasteiger partial charge on any atom is 0.374 e. The monoisotopic (exact) mass is 389 g/mol. The standard InChI is InChI=1S/C18H16ClN3O5/c1-10-8-11(2)22(21-10)14-5-4-13(19)15(20-14)17(23)27-9-12-6-7-26-16(12)18(24)25-3/h4-8H,9H2,1-3H3. The van der Waals surface area contributed by atoms with Crippen molar-refractivity contribution < 1.29 is 23.5 Å². The molecule has 0 N–H and O–H groups in total. The molecule has 3 aromatic rings. The topological polar surface area (TPSA) is 96.5 Å². The average molecular weight is 390 g/mol. The Hall–Kier alpha value is -3.13. The molecule has 0 aliphatic rings. The first-order valence-electron chi connectivity index (χ1n) is 7.92. The van der Waals surface area contributed by atoms with Gasteiger partial charge in [0.1, 0.15) is 6.61 Å². The van der Waals surface area contributed by atoms with Crippen LogP contribution >= 0.6 is 11.6 Å². The minimum absolute atomic E-state index is 0.0271. The Kier molecular flexibility index (Phi) is 5.27. The molecule has 0 spiro atoms. The number of aromatic nitrogens is 3. The van der Waals surface area contributed by atoms with Crippen LogP contribution in [0.3, 0.4) is 0 Å². The van der Waals surface area contributed by atoms with Crippen LogP contribution in [0.15, 0.2) is 34.9 Å². The molecule has 0 amide bonds. The van der Waals surface area contributed by atoms with Crippen LogP contribution in [-0.2, 0) is 16.1 Å². The third kappa shape index (κ3) is 3.85. The number of pyridine rings is 1. The number of carbonyl (C=O) groups excluding carboxylic acids is 2. The molecule has 140 valence electrons. The van der Waals surface area contributed by atoms with Gasteiger partial charge in [0.15, 0.2) is 11.5 Å². The molecule has 0 atom stereocenters. The first-order chi connectivity index (χ1) is 12.9. The van der Waals surface area contributed by atoms with Gasteiger partial charge in [0.2, 0.25) is 5.76 Å². The highest BCUT2D eigenvalue weighted by molar-refractivity contribution is 6.33.